The summed E-state index contributed by atoms with van der Waals surface area (Å²) in [6.45, 7) is 7.79. The molecule has 0 spiro atoms. The number of anilines is 1. The van der Waals surface area contributed by atoms with Crippen LogP contribution in [0.3, 0.4) is 0 Å². The molecule has 0 unspecified atom stereocenters. The fourth-order valence-electron chi connectivity index (χ4n) is 3.39. The third-order valence-corrected chi connectivity index (χ3v) is 6.58. The molecule has 1 aliphatic heterocycles. The molecule has 1 amide bonds. The topological polar surface area (TPSA) is 68.8 Å². The summed E-state index contributed by atoms with van der Waals surface area (Å²) in [6.07, 6.45) is 6.28. The zero-order valence-corrected chi connectivity index (χ0v) is 19.1. The van der Waals surface area contributed by atoms with Crippen LogP contribution in [0.5, 0.6) is 0 Å². The van der Waals surface area contributed by atoms with E-state index in [4.69, 9.17) is 0 Å². The minimum Gasteiger partial charge on any atom is -0.356 e. The molecule has 1 saturated carbocycles. The Balaban J connectivity index is 0.000000293. The van der Waals surface area contributed by atoms with Crippen molar-refractivity contribution in [2.45, 2.75) is 23.8 Å². The average molecular weight is 442 g/mol. The Bertz CT molecular complexity index is 910. The molecule has 166 valence electrons. The Hall–Kier alpha value is -2.42. The molecule has 2 aliphatic rings. The number of carbonyl (C=O) groups excluding carboxylic acids is 2. The molecular formula is C23H31N5O2S. The summed E-state index contributed by atoms with van der Waals surface area (Å²) in [6, 6.07) is 9.48. The van der Waals surface area contributed by atoms with Gasteiger partial charge in [0.25, 0.3) is 0 Å². The lowest BCUT2D eigenvalue weighted by Gasteiger charge is -2.31. The van der Waals surface area contributed by atoms with Crippen molar-refractivity contribution >= 4 is 40.7 Å². The predicted octanol–water partition coefficient (Wildman–Crippen LogP) is 2.58. The van der Waals surface area contributed by atoms with Crippen LogP contribution in [0.2, 0.25) is 0 Å². The SMILES string of the molecule is C=CC(=O)NCC=O.CN1CCN(Sc2cccc3c(N(C)C4CC4)nccc23)CC1. The van der Waals surface area contributed by atoms with Gasteiger partial charge in [-0.05, 0) is 50.0 Å². The Kier molecular flexibility index (Phi) is 8.45. The molecule has 0 bridgehead atoms. The van der Waals surface area contributed by atoms with E-state index in [2.05, 4.69) is 69.3 Å². The molecule has 7 nitrogen and oxygen atoms in total. The Labute approximate surface area is 188 Å². The molecule has 8 heteroatoms. The number of piperazine rings is 1. The summed E-state index contributed by atoms with van der Waals surface area (Å²) < 4.78 is 2.49. The van der Waals surface area contributed by atoms with Crippen molar-refractivity contribution in [1.29, 1.82) is 0 Å². The lowest BCUT2D eigenvalue weighted by molar-refractivity contribution is -0.118. The second kappa shape index (κ2) is 11.3. The van der Waals surface area contributed by atoms with Gasteiger partial charge in [-0.15, -0.1) is 0 Å². The fraction of sp³-hybridized carbons (Fsp3) is 0.435. The first-order valence-electron chi connectivity index (χ1n) is 10.6. The number of carbonyl (C=O) groups is 2. The fourth-order valence-corrected chi connectivity index (χ4v) is 4.43. The van der Waals surface area contributed by atoms with Crippen LogP contribution >= 0.6 is 11.9 Å². The molecule has 1 N–H and O–H groups in total. The lowest BCUT2D eigenvalue weighted by atomic mass is 10.1. The minimum absolute atomic E-state index is 0.0604. The van der Waals surface area contributed by atoms with E-state index in [-0.39, 0.29) is 12.5 Å². The Morgan fingerprint density at radius 3 is 2.65 bits per heavy atom. The summed E-state index contributed by atoms with van der Waals surface area (Å²) in [5.74, 6) is 0.808. The van der Waals surface area contributed by atoms with E-state index in [9.17, 15) is 9.59 Å². The van der Waals surface area contributed by atoms with Crippen molar-refractivity contribution in [3.05, 3.63) is 43.1 Å². The van der Waals surface area contributed by atoms with Crippen molar-refractivity contribution in [3.8, 4) is 0 Å². The summed E-state index contributed by atoms with van der Waals surface area (Å²) in [5.41, 5.74) is 0. The van der Waals surface area contributed by atoms with Gasteiger partial charge in [0, 0.05) is 61.1 Å². The van der Waals surface area contributed by atoms with Gasteiger partial charge in [0.15, 0.2) is 0 Å². The van der Waals surface area contributed by atoms with Crippen LogP contribution in [0.1, 0.15) is 12.8 Å². The number of benzene rings is 1. The number of nitrogens with zero attached hydrogens (tertiary/aromatic N) is 4. The lowest BCUT2D eigenvalue weighted by Crippen LogP contribution is -2.40. The smallest absolute Gasteiger partial charge is 0.243 e. The molecule has 0 radical (unpaired) electrons. The molecule has 1 aromatic carbocycles. The van der Waals surface area contributed by atoms with E-state index in [1.54, 1.807) is 0 Å². The zero-order chi connectivity index (χ0) is 22.2. The molecule has 1 aromatic heterocycles. The average Bonchev–Trinajstić information content (AvgIpc) is 3.64. The van der Waals surface area contributed by atoms with Gasteiger partial charge in [-0.25, -0.2) is 9.29 Å². The highest BCUT2D eigenvalue weighted by molar-refractivity contribution is 7.97. The standard InChI is InChI=1S/C18H24N4S.C5H7NO2/c1-20-10-12-22(13-11-20)23-17-5-3-4-16-15(17)8-9-19-18(16)21(2)14-6-7-14;1-2-5(8)6-3-4-7/h3-5,8-9,14H,6-7,10-13H2,1-2H3;2,4H,1,3H2,(H,6,8). The number of hydrogen-bond acceptors (Lipinski definition) is 7. The first-order valence-corrected chi connectivity index (χ1v) is 11.4. The molecular weight excluding hydrogens is 410 g/mol. The van der Waals surface area contributed by atoms with Gasteiger partial charge in [0.2, 0.25) is 5.91 Å². The maximum absolute atomic E-state index is 10.2. The van der Waals surface area contributed by atoms with Crippen molar-refractivity contribution in [2.24, 2.45) is 0 Å². The minimum atomic E-state index is -0.322. The molecule has 2 heterocycles. The van der Waals surface area contributed by atoms with Crippen LogP contribution in [0.4, 0.5) is 5.82 Å². The summed E-state index contributed by atoms with van der Waals surface area (Å²) >= 11 is 1.90. The van der Waals surface area contributed by atoms with Crippen LogP contribution in [0, 0.1) is 0 Å². The summed E-state index contributed by atoms with van der Waals surface area (Å²) in [7, 11) is 4.38. The van der Waals surface area contributed by atoms with Crippen molar-refractivity contribution in [1.82, 2.24) is 19.5 Å². The van der Waals surface area contributed by atoms with Gasteiger partial charge in [-0.2, -0.15) is 0 Å². The number of rotatable bonds is 7. The van der Waals surface area contributed by atoms with Gasteiger partial charge in [-0.1, -0.05) is 18.7 Å². The molecule has 1 saturated heterocycles. The maximum atomic E-state index is 10.2. The number of aromatic nitrogens is 1. The first kappa shape index (κ1) is 23.2. The number of nitrogens with one attached hydrogen (secondary N) is 1. The normalized spacial score (nSPS) is 16.8. The van der Waals surface area contributed by atoms with Gasteiger partial charge >= 0.3 is 0 Å². The van der Waals surface area contributed by atoms with E-state index in [0.717, 1.165) is 38.1 Å². The highest BCUT2D eigenvalue weighted by Crippen LogP contribution is 2.37. The molecule has 31 heavy (non-hydrogen) atoms. The number of fused-ring (bicyclic) bond motifs is 1. The van der Waals surface area contributed by atoms with Crippen LogP contribution in [0.15, 0.2) is 48.0 Å². The van der Waals surface area contributed by atoms with E-state index < -0.39 is 0 Å². The Morgan fingerprint density at radius 1 is 1.26 bits per heavy atom. The summed E-state index contributed by atoms with van der Waals surface area (Å²) in [5, 5.41) is 4.86. The van der Waals surface area contributed by atoms with Gasteiger partial charge in [0.1, 0.15) is 12.1 Å². The number of likely N-dealkylation sites (N-methyl/N-ethyl adjacent to an activating group) is 1. The first-order chi connectivity index (χ1) is 15.0. The third-order valence-electron chi connectivity index (χ3n) is 5.41. The number of pyridine rings is 1. The quantitative estimate of drug-likeness (QED) is 0.402. The Morgan fingerprint density at radius 2 is 2.00 bits per heavy atom. The predicted molar refractivity (Wildman–Crippen MR) is 127 cm³/mol. The van der Waals surface area contributed by atoms with Crippen LogP contribution < -0.4 is 10.2 Å². The van der Waals surface area contributed by atoms with E-state index in [1.165, 1.54) is 28.5 Å². The van der Waals surface area contributed by atoms with E-state index >= 15 is 0 Å². The highest BCUT2D eigenvalue weighted by atomic mass is 32.2. The molecule has 0 atom stereocenters. The second-order valence-electron chi connectivity index (χ2n) is 7.77. The molecule has 2 aromatic rings. The highest BCUT2D eigenvalue weighted by Gasteiger charge is 2.28. The van der Waals surface area contributed by atoms with Crippen LogP contribution in [-0.4, -0.2) is 79.2 Å². The largest absolute Gasteiger partial charge is 0.356 e. The molecule has 4 rings (SSSR count). The number of amides is 1. The maximum Gasteiger partial charge on any atom is 0.243 e. The van der Waals surface area contributed by atoms with Crippen molar-refractivity contribution < 1.29 is 9.59 Å². The van der Waals surface area contributed by atoms with Crippen LogP contribution in [-0.2, 0) is 9.59 Å². The van der Waals surface area contributed by atoms with E-state index in [1.807, 2.05) is 18.1 Å². The number of hydrogen-bond donors (Lipinski definition) is 1. The second-order valence-corrected chi connectivity index (χ2v) is 8.91. The van der Waals surface area contributed by atoms with Gasteiger partial charge in [0.05, 0.1) is 6.54 Å². The van der Waals surface area contributed by atoms with Crippen molar-refractivity contribution in [2.75, 3.05) is 51.7 Å². The van der Waals surface area contributed by atoms with E-state index in [0.29, 0.717) is 12.3 Å². The van der Waals surface area contributed by atoms with Crippen LogP contribution in [0.25, 0.3) is 10.8 Å². The monoisotopic (exact) mass is 441 g/mol. The molecule has 1 aliphatic carbocycles. The van der Waals surface area contributed by atoms with Crippen molar-refractivity contribution in [3.63, 3.8) is 0 Å². The summed E-state index contributed by atoms with van der Waals surface area (Å²) in [4.78, 5) is 30.5. The van der Waals surface area contributed by atoms with Gasteiger partial charge < -0.3 is 19.9 Å². The third kappa shape index (κ3) is 6.53. The molecule has 2 fully saturated rings. The van der Waals surface area contributed by atoms with Gasteiger partial charge in [-0.3, -0.25) is 4.79 Å². The zero-order valence-electron chi connectivity index (χ0n) is 18.3. The number of aldehydes is 1.